The molecule has 11 heteroatoms. The van der Waals surface area contributed by atoms with Gasteiger partial charge in [-0.1, -0.05) is 41.9 Å². The number of halogens is 7. The maximum Gasteiger partial charge on any atom is 0.417 e. The fourth-order valence-corrected chi connectivity index (χ4v) is 3.90. The van der Waals surface area contributed by atoms with E-state index in [9.17, 15) is 31.1 Å². The van der Waals surface area contributed by atoms with E-state index < -0.39 is 35.8 Å². The van der Waals surface area contributed by atoms with Gasteiger partial charge < -0.3 is 5.32 Å². The van der Waals surface area contributed by atoms with E-state index in [0.717, 1.165) is 6.07 Å². The van der Waals surface area contributed by atoms with Crippen molar-refractivity contribution in [1.82, 2.24) is 15.2 Å². The molecule has 0 unspecified atom stereocenters. The number of rotatable bonds is 5. The molecule has 0 radical (unpaired) electrons. The van der Waals surface area contributed by atoms with Crippen LogP contribution < -0.4 is 5.32 Å². The van der Waals surface area contributed by atoms with Gasteiger partial charge in [0.05, 0.1) is 28.7 Å². The Balaban J connectivity index is 1.73. The zero-order valence-electron chi connectivity index (χ0n) is 16.7. The number of carbonyl (C=O) groups is 1. The standard InChI is InChI=1S/C21H20ClF6N3O/c22-16-10-15(21(26,27)28)11-29-17(16)12-30-19(32)18(13-4-2-1-3-5-13)31-8-6-14(7-9-31)20(23,24)25/h1-5,10-11,14,18H,6-9,12H2,(H,30,32)/t18-/m1/s1. The summed E-state index contributed by atoms with van der Waals surface area (Å²) >= 11 is 5.89. The van der Waals surface area contributed by atoms with Crippen molar-refractivity contribution in [3.63, 3.8) is 0 Å². The van der Waals surface area contributed by atoms with Crippen molar-refractivity contribution >= 4 is 17.5 Å². The first-order valence-corrected chi connectivity index (χ1v) is 10.2. The summed E-state index contributed by atoms with van der Waals surface area (Å²) in [5, 5.41) is 2.36. The van der Waals surface area contributed by atoms with Gasteiger partial charge >= 0.3 is 12.4 Å². The normalized spacial score (nSPS) is 17.2. The molecule has 0 saturated carbocycles. The zero-order valence-corrected chi connectivity index (χ0v) is 17.4. The van der Waals surface area contributed by atoms with Crippen LogP contribution in [0.2, 0.25) is 5.02 Å². The highest BCUT2D eigenvalue weighted by atomic mass is 35.5. The number of likely N-dealkylation sites (tertiary alicyclic amines) is 1. The van der Waals surface area contributed by atoms with Gasteiger partial charge in [-0.25, -0.2) is 0 Å². The highest BCUT2D eigenvalue weighted by Crippen LogP contribution is 2.36. The molecule has 0 bridgehead atoms. The number of amides is 1. The molecule has 1 saturated heterocycles. The predicted octanol–water partition coefficient (Wildman–Crippen LogP) is 5.39. The summed E-state index contributed by atoms with van der Waals surface area (Å²) in [6.07, 6.45) is -8.48. The number of aromatic nitrogens is 1. The van der Waals surface area contributed by atoms with Gasteiger partial charge in [0.2, 0.25) is 5.91 Å². The number of benzene rings is 1. The lowest BCUT2D eigenvalue weighted by molar-refractivity contribution is -0.186. The van der Waals surface area contributed by atoms with Crippen molar-refractivity contribution in [3.8, 4) is 0 Å². The molecule has 1 N–H and O–H groups in total. The van der Waals surface area contributed by atoms with Crippen molar-refractivity contribution in [3.05, 3.63) is 64.4 Å². The molecule has 1 aromatic carbocycles. The van der Waals surface area contributed by atoms with E-state index in [0.29, 0.717) is 11.8 Å². The second-order valence-electron chi connectivity index (χ2n) is 7.53. The van der Waals surface area contributed by atoms with Crippen LogP contribution >= 0.6 is 11.6 Å². The molecule has 1 aliphatic rings. The van der Waals surface area contributed by atoms with Crippen molar-refractivity contribution in [2.75, 3.05) is 13.1 Å². The number of pyridine rings is 1. The Labute approximate surface area is 185 Å². The molecule has 1 atom stereocenters. The molecule has 1 amide bonds. The average molecular weight is 480 g/mol. The number of hydrogen-bond acceptors (Lipinski definition) is 3. The smallest absolute Gasteiger partial charge is 0.349 e. The van der Waals surface area contributed by atoms with E-state index in [1.807, 2.05) is 0 Å². The van der Waals surface area contributed by atoms with E-state index in [1.54, 1.807) is 35.2 Å². The molecule has 2 aromatic rings. The minimum Gasteiger partial charge on any atom is -0.349 e. The second kappa shape index (κ2) is 9.66. The molecule has 174 valence electrons. The van der Waals surface area contributed by atoms with Crippen LogP contribution in [-0.2, 0) is 17.5 Å². The van der Waals surface area contributed by atoms with E-state index in [2.05, 4.69) is 10.3 Å². The summed E-state index contributed by atoms with van der Waals surface area (Å²) in [5.41, 5.74) is -0.357. The first-order valence-electron chi connectivity index (χ1n) is 9.82. The number of piperidine rings is 1. The number of nitrogens with one attached hydrogen (secondary N) is 1. The summed E-state index contributed by atoms with van der Waals surface area (Å²) in [5.74, 6) is -1.91. The van der Waals surface area contributed by atoms with Gasteiger partial charge in [0, 0.05) is 6.20 Å². The van der Waals surface area contributed by atoms with Gasteiger partial charge in [0.25, 0.3) is 0 Å². The maximum atomic E-state index is 13.0. The first-order chi connectivity index (χ1) is 15.0. The second-order valence-corrected chi connectivity index (χ2v) is 7.94. The summed E-state index contributed by atoms with van der Waals surface area (Å²) < 4.78 is 77.3. The first kappa shape index (κ1) is 24.3. The summed E-state index contributed by atoms with van der Waals surface area (Å²) in [6, 6.07) is 8.46. The van der Waals surface area contributed by atoms with E-state index in [1.165, 1.54) is 0 Å². The predicted molar refractivity (Wildman–Crippen MR) is 106 cm³/mol. The maximum absolute atomic E-state index is 13.0. The van der Waals surface area contributed by atoms with Gasteiger partial charge in [-0.2, -0.15) is 26.3 Å². The molecule has 3 rings (SSSR count). The zero-order chi connectivity index (χ0) is 23.5. The molecule has 1 aromatic heterocycles. The lowest BCUT2D eigenvalue weighted by atomic mass is 9.93. The van der Waals surface area contributed by atoms with Crippen LogP contribution in [0.1, 0.15) is 35.7 Å². The van der Waals surface area contributed by atoms with Crippen LogP contribution in [0, 0.1) is 5.92 Å². The van der Waals surface area contributed by atoms with Crippen LogP contribution in [0.15, 0.2) is 42.6 Å². The van der Waals surface area contributed by atoms with Gasteiger partial charge in [-0.15, -0.1) is 0 Å². The molecule has 0 aliphatic carbocycles. The average Bonchev–Trinajstić information content (AvgIpc) is 2.73. The minimum absolute atomic E-state index is 0.0515. The van der Waals surface area contributed by atoms with Gasteiger partial charge in [-0.3, -0.25) is 14.7 Å². The Hall–Kier alpha value is -2.33. The molecular formula is C21H20ClF6N3O. The molecule has 4 nitrogen and oxygen atoms in total. The summed E-state index contributed by atoms with van der Waals surface area (Å²) in [4.78, 5) is 18.4. The molecule has 1 aliphatic heterocycles. The molecule has 2 heterocycles. The lowest BCUT2D eigenvalue weighted by Crippen LogP contribution is -2.46. The number of alkyl halides is 6. The summed E-state index contributed by atoms with van der Waals surface area (Å²) in [7, 11) is 0. The van der Waals surface area contributed by atoms with Crippen LogP contribution in [-0.4, -0.2) is 35.1 Å². The van der Waals surface area contributed by atoms with E-state index in [-0.39, 0.29) is 43.2 Å². The quantitative estimate of drug-likeness (QED) is 0.585. The Bertz CT molecular complexity index is 927. The third-order valence-corrected chi connectivity index (χ3v) is 5.72. The fourth-order valence-electron chi connectivity index (χ4n) is 3.67. The third-order valence-electron chi connectivity index (χ3n) is 5.40. The van der Waals surface area contributed by atoms with E-state index >= 15 is 0 Å². The molecule has 1 fully saturated rings. The van der Waals surface area contributed by atoms with Gasteiger partial charge in [0.15, 0.2) is 0 Å². The lowest BCUT2D eigenvalue weighted by Gasteiger charge is -2.37. The van der Waals surface area contributed by atoms with Crippen molar-refractivity contribution in [1.29, 1.82) is 0 Å². The Kier molecular flexibility index (Phi) is 7.34. The molecule has 0 spiro atoms. The number of nitrogens with zero attached hydrogens (tertiary/aromatic N) is 2. The topological polar surface area (TPSA) is 45.2 Å². The van der Waals surface area contributed by atoms with Crippen LogP contribution in [0.3, 0.4) is 0 Å². The Morgan fingerprint density at radius 2 is 1.75 bits per heavy atom. The Morgan fingerprint density at radius 1 is 1.12 bits per heavy atom. The largest absolute Gasteiger partial charge is 0.417 e. The van der Waals surface area contributed by atoms with E-state index in [4.69, 9.17) is 11.6 Å². The summed E-state index contributed by atoms with van der Waals surface area (Å²) in [6.45, 7) is -0.0644. The molecule has 32 heavy (non-hydrogen) atoms. The van der Waals surface area contributed by atoms with Gasteiger partial charge in [0.1, 0.15) is 6.04 Å². The van der Waals surface area contributed by atoms with Crippen molar-refractivity contribution < 1.29 is 31.1 Å². The third kappa shape index (κ3) is 5.92. The van der Waals surface area contributed by atoms with Crippen LogP contribution in [0.4, 0.5) is 26.3 Å². The Morgan fingerprint density at radius 3 is 2.28 bits per heavy atom. The fraction of sp³-hybridized carbons (Fsp3) is 0.429. The SMILES string of the molecule is O=C(NCc1ncc(C(F)(F)F)cc1Cl)[C@@H](c1ccccc1)N1CCC(C(F)(F)F)CC1. The highest BCUT2D eigenvalue weighted by molar-refractivity contribution is 6.31. The van der Waals surface area contributed by atoms with Crippen molar-refractivity contribution in [2.45, 2.75) is 37.8 Å². The van der Waals surface area contributed by atoms with Crippen LogP contribution in [0.25, 0.3) is 0 Å². The number of carbonyl (C=O) groups excluding carboxylic acids is 1. The minimum atomic E-state index is -4.60. The monoisotopic (exact) mass is 479 g/mol. The number of hydrogen-bond donors (Lipinski definition) is 1. The highest BCUT2D eigenvalue weighted by Gasteiger charge is 2.43. The molecular weight excluding hydrogens is 460 g/mol. The van der Waals surface area contributed by atoms with Crippen molar-refractivity contribution in [2.24, 2.45) is 5.92 Å². The van der Waals surface area contributed by atoms with Gasteiger partial charge in [-0.05, 0) is 37.6 Å². The van der Waals surface area contributed by atoms with Crippen LogP contribution in [0.5, 0.6) is 0 Å².